The Kier molecular flexibility index (Phi) is 4.50. The van der Waals surface area contributed by atoms with Gasteiger partial charge in [0, 0.05) is 19.2 Å². The highest BCUT2D eigenvalue weighted by molar-refractivity contribution is 9.11. The summed E-state index contributed by atoms with van der Waals surface area (Å²) in [6.45, 7) is 0.558. The molecule has 2 rings (SSSR count). The predicted octanol–water partition coefficient (Wildman–Crippen LogP) is 4.02. The maximum atomic E-state index is 12.2. The van der Waals surface area contributed by atoms with Gasteiger partial charge in [0.1, 0.15) is 0 Å². The van der Waals surface area contributed by atoms with E-state index in [9.17, 15) is 4.79 Å². The largest absolute Gasteiger partial charge is 0.398 e. The molecule has 1 aromatic carbocycles. The summed E-state index contributed by atoms with van der Waals surface area (Å²) in [6.07, 6.45) is 0. The fourth-order valence-electron chi connectivity index (χ4n) is 1.65. The SMILES string of the molecule is CN(Cc1csc(Br)c1)C(=O)c1ccc(N)c(Cl)c1. The fraction of sp³-hybridized carbons (Fsp3) is 0.154. The zero-order valence-corrected chi connectivity index (χ0v) is 13.3. The molecule has 0 atom stereocenters. The molecule has 6 heteroatoms. The van der Waals surface area contributed by atoms with E-state index in [0.29, 0.717) is 22.8 Å². The third kappa shape index (κ3) is 3.49. The molecule has 1 aromatic heterocycles. The topological polar surface area (TPSA) is 46.3 Å². The number of carbonyl (C=O) groups excluding carboxylic acids is 1. The zero-order chi connectivity index (χ0) is 14.0. The van der Waals surface area contributed by atoms with E-state index in [1.165, 1.54) is 0 Å². The first-order chi connectivity index (χ1) is 8.97. The van der Waals surface area contributed by atoms with Gasteiger partial charge in [0.05, 0.1) is 14.5 Å². The number of amides is 1. The van der Waals surface area contributed by atoms with Gasteiger partial charge < -0.3 is 10.6 Å². The molecule has 1 heterocycles. The first-order valence-electron chi connectivity index (χ1n) is 5.51. The molecule has 0 bridgehead atoms. The second-order valence-electron chi connectivity index (χ2n) is 4.16. The summed E-state index contributed by atoms with van der Waals surface area (Å²) in [5, 5.41) is 2.42. The van der Waals surface area contributed by atoms with E-state index < -0.39 is 0 Å². The highest BCUT2D eigenvalue weighted by Crippen LogP contribution is 2.23. The van der Waals surface area contributed by atoms with Crippen molar-refractivity contribution in [3.63, 3.8) is 0 Å². The Balaban J connectivity index is 2.12. The minimum absolute atomic E-state index is 0.0794. The summed E-state index contributed by atoms with van der Waals surface area (Å²) in [6, 6.07) is 6.93. The van der Waals surface area contributed by atoms with Crippen LogP contribution in [0.3, 0.4) is 0 Å². The zero-order valence-electron chi connectivity index (χ0n) is 10.2. The molecular formula is C13H12BrClN2OS. The average molecular weight is 360 g/mol. The lowest BCUT2D eigenvalue weighted by molar-refractivity contribution is 0.0785. The monoisotopic (exact) mass is 358 g/mol. The van der Waals surface area contributed by atoms with Gasteiger partial charge in [-0.25, -0.2) is 0 Å². The molecule has 0 spiro atoms. The quantitative estimate of drug-likeness (QED) is 0.841. The van der Waals surface area contributed by atoms with Gasteiger partial charge >= 0.3 is 0 Å². The Morgan fingerprint density at radius 3 is 2.79 bits per heavy atom. The number of thiophene rings is 1. The van der Waals surface area contributed by atoms with Gasteiger partial charge in [-0.2, -0.15) is 0 Å². The van der Waals surface area contributed by atoms with Crippen LogP contribution >= 0.6 is 38.9 Å². The maximum absolute atomic E-state index is 12.2. The van der Waals surface area contributed by atoms with Crippen molar-refractivity contribution in [2.45, 2.75) is 6.54 Å². The smallest absolute Gasteiger partial charge is 0.253 e. The molecule has 0 saturated heterocycles. The van der Waals surface area contributed by atoms with E-state index in [0.717, 1.165) is 9.35 Å². The molecule has 0 unspecified atom stereocenters. The van der Waals surface area contributed by atoms with Gasteiger partial charge in [0.2, 0.25) is 0 Å². The van der Waals surface area contributed by atoms with Crippen molar-refractivity contribution < 1.29 is 4.79 Å². The van der Waals surface area contributed by atoms with E-state index in [2.05, 4.69) is 15.9 Å². The summed E-state index contributed by atoms with van der Waals surface area (Å²) in [7, 11) is 1.76. The number of nitrogens with two attached hydrogens (primary N) is 1. The summed E-state index contributed by atoms with van der Waals surface area (Å²) in [4.78, 5) is 13.9. The van der Waals surface area contributed by atoms with E-state index in [-0.39, 0.29) is 5.91 Å². The van der Waals surface area contributed by atoms with Crippen LogP contribution < -0.4 is 5.73 Å². The summed E-state index contributed by atoms with van der Waals surface area (Å²) in [5.41, 5.74) is 7.74. The van der Waals surface area contributed by atoms with Crippen LogP contribution in [-0.4, -0.2) is 17.9 Å². The Morgan fingerprint density at radius 1 is 1.47 bits per heavy atom. The van der Waals surface area contributed by atoms with Crippen molar-refractivity contribution in [2.24, 2.45) is 0 Å². The van der Waals surface area contributed by atoms with Gasteiger partial charge in [-0.3, -0.25) is 4.79 Å². The third-order valence-corrected chi connectivity index (χ3v) is 4.52. The molecule has 100 valence electrons. The lowest BCUT2D eigenvalue weighted by Crippen LogP contribution is -2.26. The number of anilines is 1. The fourth-order valence-corrected chi connectivity index (χ4v) is 3.04. The highest BCUT2D eigenvalue weighted by Gasteiger charge is 2.13. The normalized spacial score (nSPS) is 10.5. The van der Waals surface area contributed by atoms with Crippen molar-refractivity contribution in [1.82, 2.24) is 4.90 Å². The first kappa shape index (κ1) is 14.4. The molecule has 0 aliphatic carbocycles. The van der Waals surface area contributed by atoms with Gasteiger partial charge in [-0.05, 0) is 51.1 Å². The third-order valence-electron chi connectivity index (χ3n) is 2.64. The van der Waals surface area contributed by atoms with Crippen LogP contribution in [0.1, 0.15) is 15.9 Å². The minimum Gasteiger partial charge on any atom is -0.398 e. The molecular weight excluding hydrogens is 348 g/mol. The van der Waals surface area contributed by atoms with Crippen LogP contribution in [0.4, 0.5) is 5.69 Å². The number of benzene rings is 1. The second kappa shape index (κ2) is 5.94. The number of rotatable bonds is 3. The number of nitrogens with zero attached hydrogens (tertiary/aromatic N) is 1. The van der Waals surface area contributed by atoms with Crippen molar-refractivity contribution in [3.8, 4) is 0 Å². The molecule has 3 nitrogen and oxygen atoms in total. The summed E-state index contributed by atoms with van der Waals surface area (Å²) >= 11 is 10.9. The minimum atomic E-state index is -0.0794. The molecule has 0 aliphatic rings. The summed E-state index contributed by atoms with van der Waals surface area (Å²) < 4.78 is 1.05. The highest BCUT2D eigenvalue weighted by atomic mass is 79.9. The Morgan fingerprint density at radius 2 is 2.21 bits per heavy atom. The van der Waals surface area contributed by atoms with Crippen LogP contribution in [0.2, 0.25) is 5.02 Å². The number of hydrogen-bond donors (Lipinski definition) is 1. The number of halogens is 2. The van der Waals surface area contributed by atoms with Crippen molar-refractivity contribution >= 4 is 50.5 Å². The number of hydrogen-bond acceptors (Lipinski definition) is 3. The van der Waals surface area contributed by atoms with E-state index in [1.807, 2.05) is 11.4 Å². The standard InChI is InChI=1S/C13H12BrClN2OS/c1-17(6-8-4-12(14)19-7-8)13(18)9-2-3-11(16)10(15)5-9/h2-5,7H,6,16H2,1H3. The number of nitrogen functional groups attached to an aromatic ring is 1. The van der Waals surface area contributed by atoms with Gasteiger partial charge in [0.25, 0.3) is 5.91 Å². The van der Waals surface area contributed by atoms with Gasteiger partial charge in [-0.15, -0.1) is 11.3 Å². The van der Waals surface area contributed by atoms with Gasteiger partial charge in [0.15, 0.2) is 0 Å². The van der Waals surface area contributed by atoms with Crippen LogP contribution in [0.15, 0.2) is 33.4 Å². The maximum Gasteiger partial charge on any atom is 0.253 e. The van der Waals surface area contributed by atoms with Crippen molar-refractivity contribution in [3.05, 3.63) is 49.6 Å². The van der Waals surface area contributed by atoms with Crippen LogP contribution in [0, 0.1) is 0 Å². The van der Waals surface area contributed by atoms with Crippen LogP contribution in [0.5, 0.6) is 0 Å². The van der Waals surface area contributed by atoms with Crippen LogP contribution in [-0.2, 0) is 6.54 Å². The lowest BCUT2D eigenvalue weighted by Gasteiger charge is -2.16. The Bertz CT molecular complexity index is 614. The molecule has 1 amide bonds. The van der Waals surface area contributed by atoms with E-state index >= 15 is 0 Å². The molecule has 0 fully saturated rings. The summed E-state index contributed by atoms with van der Waals surface area (Å²) in [5.74, 6) is -0.0794. The Hall–Kier alpha value is -1.04. The molecule has 2 N–H and O–H groups in total. The molecule has 2 aromatic rings. The van der Waals surface area contributed by atoms with Gasteiger partial charge in [-0.1, -0.05) is 11.6 Å². The van der Waals surface area contributed by atoms with Crippen molar-refractivity contribution in [1.29, 1.82) is 0 Å². The van der Waals surface area contributed by atoms with Crippen LogP contribution in [0.25, 0.3) is 0 Å². The Labute approximate surface area is 129 Å². The molecule has 0 saturated carbocycles. The molecule has 0 aliphatic heterocycles. The molecule has 0 radical (unpaired) electrons. The first-order valence-corrected chi connectivity index (χ1v) is 7.56. The van der Waals surface area contributed by atoms with E-state index in [4.69, 9.17) is 17.3 Å². The second-order valence-corrected chi connectivity index (χ2v) is 6.85. The predicted molar refractivity (Wildman–Crippen MR) is 83.7 cm³/mol. The lowest BCUT2D eigenvalue weighted by atomic mass is 10.2. The molecule has 19 heavy (non-hydrogen) atoms. The van der Waals surface area contributed by atoms with Crippen molar-refractivity contribution in [2.75, 3.05) is 12.8 Å². The number of carbonyl (C=O) groups is 1. The average Bonchev–Trinajstić information content (AvgIpc) is 2.77. The van der Waals surface area contributed by atoms with E-state index in [1.54, 1.807) is 41.5 Å².